The summed E-state index contributed by atoms with van der Waals surface area (Å²) in [6.07, 6.45) is 0. The van der Waals surface area contributed by atoms with Crippen molar-refractivity contribution in [1.82, 2.24) is 0 Å². The van der Waals surface area contributed by atoms with E-state index in [1.54, 1.807) is 0 Å². The largest absolute Gasteiger partial charge is 0.138 e. The molecule has 0 N–H and O–H groups in total. The van der Waals surface area contributed by atoms with Gasteiger partial charge < -0.3 is 0 Å². The fourth-order valence-electron chi connectivity index (χ4n) is 3.21. The lowest BCUT2D eigenvalue weighted by atomic mass is 9.92. The molecule has 4 heteroatoms. The third-order valence-corrected chi connectivity index (χ3v) is 8.94. The summed E-state index contributed by atoms with van der Waals surface area (Å²) in [4.78, 5) is 2.52. The maximum absolute atomic E-state index is 6.84. The van der Waals surface area contributed by atoms with Crippen molar-refractivity contribution in [2.75, 3.05) is 0 Å². The minimum atomic E-state index is 0.0490. The van der Waals surface area contributed by atoms with E-state index in [1.807, 2.05) is 22.7 Å². The first-order valence-electron chi connectivity index (χ1n) is 8.19. The van der Waals surface area contributed by atoms with Gasteiger partial charge >= 0.3 is 0 Å². The molecule has 2 heterocycles. The van der Waals surface area contributed by atoms with Crippen LogP contribution in [0, 0.1) is 13.8 Å². The van der Waals surface area contributed by atoms with Crippen LogP contribution in [0.3, 0.4) is 0 Å². The summed E-state index contributed by atoms with van der Waals surface area (Å²) in [5.74, 6) is 0. The van der Waals surface area contributed by atoms with E-state index in [4.69, 9.17) is 23.2 Å². The molecule has 0 amide bonds. The lowest BCUT2D eigenvalue weighted by Gasteiger charge is -2.16. The second-order valence-electron chi connectivity index (χ2n) is 8.65. The van der Waals surface area contributed by atoms with Crippen molar-refractivity contribution in [3.63, 3.8) is 0 Å². The first-order valence-corrected chi connectivity index (χ1v) is 10.6. The molecule has 0 aliphatic rings. The summed E-state index contributed by atoms with van der Waals surface area (Å²) in [6.45, 7) is 17.7. The highest BCUT2D eigenvalue weighted by atomic mass is 35.5. The molecule has 0 nitrogen and oxygen atoms in total. The maximum Gasteiger partial charge on any atom is 0.0632 e. The highest BCUT2D eigenvalue weighted by Crippen LogP contribution is 2.51. The highest BCUT2D eigenvalue weighted by molar-refractivity contribution is 7.22. The molecule has 0 unspecified atom stereocenters. The van der Waals surface area contributed by atoms with Gasteiger partial charge in [0.05, 0.1) is 10.0 Å². The van der Waals surface area contributed by atoms with Crippen LogP contribution in [-0.2, 0) is 10.8 Å². The number of halogens is 2. The Bertz CT molecular complexity index is 880. The van der Waals surface area contributed by atoms with E-state index >= 15 is 0 Å². The van der Waals surface area contributed by atoms with Gasteiger partial charge in [0, 0.05) is 29.9 Å². The maximum atomic E-state index is 6.84. The first kappa shape index (κ1) is 18.5. The zero-order valence-electron chi connectivity index (χ0n) is 15.6. The summed E-state index contributed by atoms with van der Waals surface area (Å²) >= 11 is 17.3. The standard InChI is InChI=1S/C20H24Cl2S2/c1-9-11-13(21)17(19(3,4)5)24-16(11)10(2)12-14(22)18(20(6,7)8)23-15(9)12/h1-8H3. The molecular formula is C20H24Cl2S2. The Balaban J connectivity index is 2.52. The molecule has 0 saturated heterocycles. The quantitative estimate of drug-likeness (QED) is 0.355. The number of hydrogen-bond donors (Lipinski definition) is 0. The second-order valence-corrected chi connectivity index (χ2v) is 11.4. The highest BCUT2D eigenvalue weighted by Gasteiger charge is 2.29. The molecule has 0 saturated carbocycles. The van der Waals surface area contributed by atoms with E-state index in [2.05, 4.69) is 55.4 Å². The summed E-state index contributed by atoms with van der Waals surface area (Å²) in [5, 5.41) is 4.28. The number of benzene rings is 1. The fourth-order valence-corrected chi connectivity index (χ4v) is 7.22. The number of aryl methyl sites for hydroxylation is 2. The Morgan fingerprint density at radius 3 is 1.17 bits per heavy atom. The van der Waals surface area contributed by atoms with E-state index in [0.29, 0.717) is 0 Å². The topological polar surface area (TPSA) is 0 Å². The van der Waals surface area contributed by atoms with Gasteiger partial charge in [-0.15, -0.1) is 22.7 Å². The molecule has 0 fully saturated rings. The molecule has 24 heavy (non-hydrogen) atoms. The zero-order chi connectivity index (χ0) is 18.2. The molecule has 3 aromatic rings. The monoisotopic (exact) mass is 398 g/mol. The molecule has 2 aromatic heterocycles. The van der Waals surface area contributed by atoms with E-state index in [0.717, 1.165) is 10.0 Å². The predicted molar refractivity (Wildman–Crippen MR) is 114 cm³/mol. The molecule has 0 aliphatic heterocycles. The Morgan fingerprint density at radius 2 is 0.917 bits per heavy atom. The van der Waals surface area contributed by atoms with Crippen molar-refractivity contribution < 1.29 is 0 Å². The van der Waals surface area contributed by atoms with Crippen molar-refractivity contribution in [1.29, 1.82) is 0 Å². The molecule has 3 rings (SSSR count). The van der Waals surface area contributed by atoms with Crippen molar-refractivity contribution in [2.45, 2.75) is 66.2 Å². The zero-order valence-corrected chi connectivity index (χ0v) is 18.7. The molecule has 0 radical (unpaired) electrons. The van der Waals surface area contributed by atoms with Gasteiger partial charge in [-0.3, -0.25) is 0 Å². The van der Waals surface area contributed by atoms with Gasteiger partial charge in [0.1, 0.15) is 0 Å². The van der Waals surface area contributed by atoms with Crippen LogP contribution in [0.2, 0.25) is 10.0 Å². The molecule has 0 atom stereocenters. The van der Waals surface area contributed by atoms with Crippen LogP contribution in [0.15, 0.2) is 0 Å². The van der Waals surface area contributed by atoms with Crippen LogP contribution in [0.1, 0.15) is 62.4 Å². The summed E-state index contributed by atoms with van der Waals surface area (Å²) < 4.78 is 2.57. The summed E-state index contributed by atoms with van der Waals surface area (Å²) in [7, 11) is 0. The average molecular weight is 399 g/mol. The Labute approximate surface area is 162 Å². The lowest BCUT2D eigenvalue weighted by Crippen LogP contribution is -2.08. The van der Waals surface area contributed by atoms with Crippen molar-refractivity contribution in [3.8, 4) is 0 Å². The minimum Gasteiger partial charge on any atom is -0.138 e. The lowest BCUT2D eigenvalue weighted by molar-refractivity contribution is 0.604. The summed E-state index contributed by atoms with van der Waals surface area (Å²) in [6, 6.07) is 0. The smallest absolute Gasteiger partial charge is 0.0632 e. The molecule has 0 bridgehead atoms. The van der Waals surface area contributed by atoms with Gasteiger partial charge in [-0.2, -0.15) is 0 Å². The van der Waals surface area contributed by atoms with Gasteiger partial charge in [0.15, 0.2) is 0 Å². The van der Waals surface area contributed by atoms with E-state index < -0.39 is 0 Å². The van der Waals surface area contributed by atoms with Crippen molar-refractivity contribution >= 4 is 66.0 Å². The third-order valence-electron chi connectivity index (χ3n) is 4.49. The van der Waals surface area contributed by atoms with Gasteiger partial charge in [0.25, 0.3) is 0 Å². The van der Waals surface area contributed by atoms with E-state index in [1.165, 1.54) is 41.1 Å². The number of hydrogen-bond acceptors (Lipinski definition) is 2. The SMILES string of the molecule is Cc1c2sc(C(C)(C)C)c(Cl)c2c(C)c2sc(C(C)(C)C)c(Cl)c12. The van der Waals surface area contributed by atoms with Crippen molar-refractivity contribution in [3.05, 3.63) is 30.9 Å². The van der Waals surface area contributed by atoms with Gasteiger partial charge in [0.2, 0.25) is 0 Å². The van der Waals surface area contributed by atoms with Gasteiger partial charge in [-0.05, 0) is 35.8 Å². The molecular weight excluding hydrogens is 375 g/mol. The Kier molecular flexibility index (Phi) is 4.32. The Morgan fingerprint density at radius 1 is 0.625 bits per heavy atom. The normalized spacial score (nSPS) is 13.4. The van der Waals surface area contributed by atoms with Crippen LogP contribution in [0.25, 0.3) is 20.2 Å². The second kappa shape index (κ2) is 5.61. The third kappa shape index (κ3) is 2.61. The van der Waals surface area contributed by atoms with Crippen LogP contribution >= 0.6 is 45.9 Å². The minimum absolute atomic E-state index is 0.0490. The van der Waals surface area contributed by atoms with Crippen LogP contribution in [-0.4, -0.2) is 0 Å². The van der Waals surface area contributed by atoms with Crippen LogP contribution < -0.4 is 0 Å². The van der Waals surface area contributed by atoms with Gasteiger partial charge in [-0.1, -0.05) is 64.7 Å². The van der Waals surface area contributed by atoms with Gasteiger partial charge in [-0.25, -0.2) is 0 Å². The number of thiophene rings is 2. The fraction of sp³-hybridized carbons (Fsp3) is 0.500. The molecule has 0 aliphatic carbocycles. The van der Waals surface area contributed by atoms with Crippen LogP contribution in [0.4, 0.5) is 0 Å². The molecule has 1 aromatic carbocycles. The van der Waals surface area contributed by atoms with Crippen molar-refractivity contribution in [2.24, 2.45) is 0 Å². The number of fused-ring (bicyclic) bond motifs is 2. The van der Waals surface area contributed by atoms with E-state index in [9.17, 15) is 0 Å². The molecule has 0 spiro atoms. The first-order chi connectivity index (χ1) is 10.9. The van der Waals surface area contributed by atoms with E-state index in [-0.39, 0.29) is 10.8 Å². The van der Waals surface area contributed by atoms with Crippen LogP contribution in [0.5, 0.6) is 0 Å². The average Bonchev–Trinajstić information content (AvgIpc) is 2.94. The predicted octanol–water partition coefficient (Wildman–Crippen LogP) is 8.63. The Hall–Kier alpha value is -0.280. The molecule has 130 valence electrons. The summed E-state index contributed by atoms with van der Waals surface area (Å²) in [5.41, 5.74) is 2.63. The number of rotatable bonds is 0.